The van der Waals surface area contributed by atoms with Gasteiger partial charge in [0.05, 0.1) is 5.69 Å². The Labute approximate surface area is 104 Å². The highest BCUT2D eigenvalue weighted by Gasteiger charge is 2.14. The lowest BCUT2D eigenvalue weighted by atomic mass is 10.1. The Morgan fingerprint density at radius 3 is 2.59 bits per heavy atom. The molecule has 1 aromatic rings. The summed E-state index contributed by atoms with van der Waals surface area (Å²) in [5.74, 6) is 0. The SMILES string of the molecule is CCc1nn(CCCOC)c(CC)c1CNC. The normalized spacial score (nSPS) is 11.1. The molecule has 4 heteroatoms. The molecular weight excluding hydrogens is 214 g/mol. The van der Waals surface area contributed by atoms with Crippen molar-refractivity contribution in [1.29, 1.82) is 0 Å². The number of nitrogens with zero attached hydrogens (tertiary/aromatic N) is 2. The summed E-state index contributed by atoms with van der Waals surface area (Å²) in [6, 6.07) is 0. The molecule has 0 radical (unpaired) electrons. The molecule has 17 heavy (non-hydrogen) atoms. The molecule has 1 N–H and O–H groups in total. The number of hydrogen-bond donors (Lipinski definition) is 1. The van der Waals surface area contributed by atoms with Crippen LogP contribution >= 0.6 is 0 Å². The third-order valence-electron chi connectivity index (χ3n) is 2.99. The molecular formula is C13H25N3O. The monoisotopic (exact) mass is 239 g/mol. The smallest absolute Gasteiger partial charge is 0.0669 e. The van der Waals surface area contributed by atoms with Crippen LogP contribution in [0.5, 0.6) is 0 Å². The van der Waals surface area contributed by atoms with Gasteiger partial charge in [-0.15, -0.1) is 0 Å². The third kappa shape index (κ3) is 3.54. The molecule has 0 saturated heterocycles. The van der Waals surface area contributed by atoms with Crippen LogP contribution in [-0.2, 0) is 30.7 Å². The van der Waals surface area contributed by atoms with E-state index in [0.717, 1.165) is 39.0 Å². The van der Waals surface area contributed by atoms with E-state index in [2.05, 4.69) is 23.8 Å². The highest BCUT2D eigenvalue weighted by atomic mass is 16.5. The fourth-order valence-electron chi connectivity index (χ4n) is 2.19. The summed E-state index contributed by atoms with van der Waals surface area (Å²) < 4.78 is 7.25. The number of methoxy groups -OCH3 is 1. The molecule has 1 aromatic heterocycles. The number of aromatic nitrogens is 2. The van der Waals surface area contributed by atoms with Crippen molar-refractivity contribution < 1.29 is 4.74 Å². The van der Waals surface area contributed by atoms with Crippen LogP contribution < -0.4 is 5.32 Å². The van der Waals surface area contributed by atoms with E-state index in [1.807, 2.05) is 7.05 Å². The van der Waals surface area contributed by atoms with Crippen molar-refractivity contribution in [2.24, 2.45) is 0 Å². The first-order valence-corrected chi connectivity index (χ1v) is 6.49. The van der Waals surface area contributed by atoms with Crippen molar-refractivity contribution in [3.05, 3.63) is 17.0 Å². The predicted molar refractivity (Wildman–Crippen MR) is 70.2 cm³/mol. The Morgan fingerprint density at radius 1 is 1.29 bits per heavy atom. The molecule has 1 rings (SSSR count). The van der Waals surface area contributed by atoms with Crippen LogP contribution in [-0.4, -0.2) is 30.5 Å². The summed E-state index contributed by atoms with van der Waals surface area (Å²) in [7, 11) is 3.73. The summed E-state index contributed by atoms with van der Waals surface area (Å²) in [5.41, 5.74) is 3.98. The fraction of sp³-hybridized carbons (Fsp3) is 0.769. The molecule has 0 saturated carbocycles. The summed E-state index contributed by atoms with van der Waals surface area (Å²) >= 11 is 0. The largest absolute Gasteiger partial charge is 0.385 e. The average molecular weight is 239 g/mol. The van der Waals surface area contributed by atoms with Gasteiger partial charge in [0.15, 0.2) is 0 Å². The van der Waals surface area contributed by atoms with E-state index in [4.69, 9.17) is 9.84 Å². The first kappa shape index (κ1) is 14.2. The average Bonchev–Trinajstić information content (AvgIpc) is 2.67. The quantitative estimate of drug-likeness (QED) is 0.703. The molecule has 0 aliphatic heterocycles. The van der Waals surface area contributed by atoms with Gasteiger partial charge < -0.3 is 10.1 Å². The van der Waals surface area contributed by atoms with E-state index in [9.17, 15) is 0 Å². The van der Waals surface area contributed by atoms with Gasteiger partial charge >= 0.3 is 0 Å². The van der Waals surface area contributed by atoms with Crippen LogP contribution in [0.25, 0.3) is 0 Å². The van der Waals surface area contributed by atoms with Crippen molar-refractivity contribution in [2.45, 2.75) is 46.2 Å². The van der Waals surface area contributed by atoms with Gasteiger partial charge in [-0.25, -0.2) is 0 Å². The lowest BCUT2D eigenvalue weighted by Crippen LogP contribution is -2.10. The molecule has 0 aliphatic carbocycles. The third-order valence-corrected chi connectivity index (χ3v) is 2.99. The highest BCUT2D eigenvalue weighted by molar-refractivity contribution is 5.26. The first-order valence-electron chi connectivity index (χ1n) is 6.49. The maximum absolute atomic E-state index is 5.09. The summed E-state index contributed by atoms with van der Waals surface area (Å²) in [4.78, 5) is 0. The molecule has 0 unspecified atom stereocenters. The van der Waals surface area contributed by atoms with Crippen LogP contribution in [0.4, 0.5) is 0 Å². The van der Waals surface area contributed by atoms with Crippen LogP contribution in [0.1, 0.15) is 37.2 Å². The molecule has 0 amide bonds. The molecule has 0 bridgehead atoms. The lowest BCUT2D eigenvalue weighted by molar-refractivity contribution is 0.188. The summed E-state index contributed by atoms with van der Waals surface area (Å²) in [6.45, 7) is 7.03. The van der Waals surface area contributed by atoms with E-state index < -0.39 is 0 Å². The fourth-order valence-corrected chi connectivity index (χ4v) is 2.19. The number of ether oxygens (including phenoxy) is 1. The zero-order valence-electron chi connectivity index (χ0n) is 11.5. The van der Waals surface area contributed by atoms with E-state index in [-0.39, 0.29) is 0 Å². The predicted octanol–water partition coefficient (Wildman–Crippen LogP) is 1.76. The van der Waals surface area contributed by atoms with Gasteiger partial charge in [-0.2, -0.15) is 5.10 Å². The Bertz CT molecular complexity index is 334. The second-order valence-corrected chi connectivity index (χ2v) is 4.18. The van der Waals surface area contributed by atoms with Crippen molar-refractivity contribution >= 4 is 0 Å². The van der Waals surface area contributed by atoms with Crippen molar-refractivity contribution in [3.63, 3.8) is 0 Å². The first-order chi connectivity index (χ1) is 8.28. The van der Waals surface area contributed by atoms with E-state index in [1.54, 1.807) is 7.11 Å². The maximum atomic E-state index is 5.09. The summed E-state index contributed by atoms with van der Waals surface area (Å²) in [6.07, 6.45) is 3.06. The van der Waals surface area contributed by atoms with Gasteiger partial charge in [0.2, 0.25) is 0 Å². The van der Waals surface area contributed by atoms with E-state index in [1.165, 1.54) is 17.0 Å². The molecule has 98 valence electrons. The Balaban J connectivity index is 2.87. The van der Waals surface area contributed by atoms with Gasteiger partial charge in [-0.05, 0) is 26.3 Å². The Hall–Kier alpha value is -0.870. The molecule has 0 aliphatic rings. The van der Waals surface area contributed by atoms with Gasteiger partial charge in [-0.1, -0.05) is 13.8 Å². The molecule has 1 heterocycles. The summed E-state index contributed by atoms with van der Waals surface area (Å²) in [5, 5.41) is 7.95. The number of hydrogen-bond acceptors (Lipinski definition) is 3. The van der Waals surface area contributed by atoms with Gasteiger partial charge in [-0.3, -0.25) is 4.68 Å². The molecule has 0 fully saturated rings. The van der Waals surface area contributed by atoms with Gasteiger partial charge in [0, 0.05) is 38.1 Å². The van der Waals surface area contributed by atoms with Crippen LogP contribution in [0, 0.1) is 0 Å². The second kappa shape index (κ2) is 7.45. The van der Waals surface area contributed by atoms with Crippen molar-refractivity contribution in [3.8, 4) is 0 Å². The maximum Gasteiger partial charge on any atom is 0.0669 e. The minimum Gasteiger partial charge on any atom is -0.385 e. The Morgan fingerprint density at radius 2 is 2.06 bits per heavy atom. The molecule has 0 aromatic carbocycles. The highest BCUT2D eigenvalue weighted by Crippen LogP contribution is 2.16. The standard InChI is InChI=1S/C13H25N3O/c1-5-12-11(10-14-3)13(6-2)16(15-12)8-7-9-17-4/h14H,5-10H2,1-4H3. The van der Waals surface area contributed by atoms with E-state index >= 15 is 0 Å². The minimum atomic E-state index is 0.797. The number of nitrogens with one attached hydrogen (secondary N) is 1. The van der Waals surface area contributed by atoms with Gasteiger partial charge in [0.1, 0.15) is 0 Å². The van der Waals surface area contributed by atoms with Gasteiger partial charge in [0.25, 0.3) is 0 Å². The van der Waals surface area contributed by atoms with E-state index in [0.29, 0.717) is 0 Å². The number of rotatable bonds is 8. The molecule has 0 spiro atoms. The number of aryl methyl sites for hydroxylation is 2. The van der Waals surface area contributed by atoms with Crippen molar-refractivity contribution in [1.82, 2.24) is 15.1 Å². The Kier molecular flexibility index (Phi) is 6.22. The van der Waals surface area contributed by atoms with Crippen molar-refractivity contribution in [2.75, 3.05) is 20.8 Å². The molecule has 4 nitrogen and oxygen atoms in total. The van der Waals surface area contributed by atoms with Crippen LogP contribution in [0.3, 0.4) is 0 Å². The zero-order valence-corrected chi connectivity index (χ0v) is 11.5. The topological polar surface area (TPSA) is 39.1 Å². The zero-order chi connectivity index (χ0) is 12.7. The second-order valence-electron chi connectivity index (χ2n) is 4.18. The van der Waals surface area contributed by atoms with Crippen LogP contribution in [0.2, 0.25) is 0 Å². The lowest BCUT2D eigenvalue weighted by Gasteiger charge is -2.07. The minimum absolute atomic E-state index is 0.797. The van der Waals surface area contributed by atoms with Crippen LogP contribution in [0.15, 0.2) is 0 Å². The molecule has 0 atom stereocenters.